The summed E-state index contributed by atoms with van der Waals surface area (Å²) >= 11 is 1.43. The third-order valence-electron chi connectivity index (χ3n) is 5.87. The first-order valence-electron chi connectivity index (χ1n) is 10.6. The van der Waals surface area contributed by atoms with Gasteiger partial charge in [0, 0.05) is 31.1 Å². The summed E-state index contributed by atoms with van der Waals surface area (Å²) in [5, 5.41) is 0. The highest BCUT2D eigenvalue weighted by Crippen LogP contribution is 2.32. The number of hydrogen-bond donors (Lipinski definition) is 2. The van der Waals surface area contributed by atoms with E-state index >= 15 is 0 Å². The molecule has 1 saturated heterocycles. The number of thiophene rings is 1. The van der Waals surface area contributed by atoms with E-state index in [1.807, 2.05) is 6.07 Å². The molecule has 1 unspecified atom stereocenters. The molecule has 12 heteroatoms. The molecule has 2 aliphatic rings. The lowest BCUT2D eigenvalue weighted by Crippen LogP contribution is -2.56. The van der Waals surface area contributed by atoms with Gasteiger partial charge in [0.05, 0.1) is 4.88 Å². The van der Waals surface area contributed by atoms with Crippen molar-refractivity contribution in [1.82, 2.24) is 20.1 Å². The quantitative estimate of drug-likeness (QED) is 0.636. The van der Waals surface area contributed by atoms with Crippen LogP contribution >= 0.6 is 11.3 Å². The third-order valence-corrected chi connectivity index (χ3v) is 9.02. The zero-order valence-electron chi connectivity index (χ0n) is 17.9. The van der Waals surface area contributed by atoms with Gasteiger partial charge < -0.3 is 4.90 Å². The highest BCUT2D eigenvalue weighted by molar-refractivity contribution is 7.89. The lowest BCUT2D eigenvalue weighted by atomic mass is 9.90. The molecule has 1 aromatic heterocycles. The number of benzene rings is 1. The van der Waals surface area contributed by atoms with E-state index in [0.717, 1.165) is 35.7 Å². The molecule has 1 aliphatic carbocycles. The molecule has 2 N–H and O–H groups in total. The molecule has 3 amide bonds. The molecule has 2 heterocycles. The number of amides is 3. The molecule has 0 saturated carbocycles. The number of nitrogens with zero attached hydrogens (tertiary/aromatic N) is 2. The van der Waals surface area contributed by atoms with Gasteiger partial charge in [0.2, 0.25) is 10.0 Å². The second kappa shape index (κ2) is 9.35. The Balaban J connectivity index is 1.31. The normalized spacial score (nSPS) is 19.1. The van der Waals surface area contributed by atoms with Crippen molar-refractivity contribution in [2.45, 2.75) is 31.1 Å². The highest BCUT2D eigenvalue weighted by atomic mass is 32.2. The summed E-state index contributed by atoms with van der Waals surface area (Å²) in [4.78, 5) is 27.2. The number of nitrogens with one attached hydrogen (secondary N) is 2. The first-order valence-corrected chi connectivity index (χ1v) is 12.8. The van der Waals surface area contributed by atoms with Crippen LogP contribution in [0, 0.1) is 17.6 Å². The van der Waals surface area contributed by atoms with Crippen LogP contribution in [0.4, 0.5) is 13.6 Å². The molecule has 178 valence electrons. The van der Waals surface area contributed by atoms with E-state index in [0.29, 0.717) is 16.9 Å². The molecule has 1 aliphatic heterocycles. The first kappa shape index (κ1) is 23.6. The molecule has 0 radical (unpaired) electrons. The van der Waals surface area contributed by atoms with Gasteiger partial charge in [0.1, 0.15) is 16.5 Å². The lowest BCUT2D eigenvalue weighted by Gasteiger charge is -2.33. The number of carbonyl (C=O) groups is 2. The molecule has 1 aromatic carbocycles. The van der Waals surface area contributed by atoms with Crippen molar-refractivity contribution in [1.29, 1.82) is 0 Å². The number of piperazine rings is 1. The van der Waals surface area contributed by atoms with Gasteiger partial charge in [0.25, 0.3) is 5.91 Å². The lowest BCUT2D eigenvalue weighted by molar-refractivity contribution is 0.0930. The van der Waals surface area contributed by atoms with Crippen molar-refractivity contribution in [3.05, 3.63) is 51.2 Å². The summed E-state index contributed by atoms with van der Waals surface area (Å²) in [5.74, 6) is -1.71. The first-order chi connectivity index (χ1) is 15.6. The van der Waals surface area contributed by atoms with Crippen molar-refractivity contribution < 1.29 is 26.8 Å². The Bertz CT molecular complexity index is 1180. The van der Waals surface area contributed by atoms with E-state index in [9.17, 15) is 26.8 Å². The molecule has 4 rings (SSSR count). The van der Waals surface area contributed by atoms with Crippen LogP contribution in [-0.2, 0) is 22.9 Å². The molecular formula is C21H24F2N4O4S2. The van der Waals surface area contributed by atoms with Crippen LogP contribution in [0.15, 0.2) is 29.2 Å². The van der Waals surface area contributed by atoms with Crippen LogP contribution in [0.3, 0.4) is 0 Å². The minimum atomic E-state index is -4.24. The molecule has 2 aromatic rings. The summed E-state index contributed by atoms with van der Waals surface area (Å²) in [5.41, 5.74) is 5.95. The van der Waals surface area contributed by atoms with E-state index < -0.39 is 38.5 Å². The zero-order valence-corrected chi connectivity index (χ0v) is 19.6. The molecule has 0 bridgehead atoms. The summed E-state index contributed by atoms with van der Waals surface area (Å²) in [6.45, 7) is 2.07. The Hall–Kier alpha value is -2.57. The molecule has 0 spiro atoms. The second-order valence-corrected chi connectivity index (χ2v) is 11.3. The topological polar surface area (TPSA) is 98.8 Å². The summed E-state index contributed by atoms with van der Waals surface area (Å²) in [6.07, 6.45) is 2.99. The van der Waals surface area contributed by atoms with Gasteiger partial charge in [-0.3, -0.25) is 10.2 Å². The van der Waals surface area contributed by atoms with Gasteiger partial charge in [-0.2, -0.15) is 4.31 Å². The number of carbonyl (C=O) groups excluding carboxylic acids is 2. The van der Waals surface area contributed by atoms with E-state index in [2.05, 4.69) is 17.8 Å². The van der Waals surface area contributed by atoms with Gasteiger partial charge >= 0.3 is 6.03 Å². The fourth-order valence-electron chi connectivity index (χ4n) is 4.01. The standard InChI is InChI=1S/C21H24F2N4O4S2/c1-13-2-5-17-14(10-13)11-18(32-17)20(28)24-25-21(29)26-6-8-27(9-7-26)33(30,31)19-12-15(22)3-4-16(19)23/h3-4,11-13H,2,5-10H2,1H3,(H,24,28)(H,25,29). The zero-order chi connectivity index (χ0) is 23.8. The van der Waals surface area contributed by atoms with E-state index in [1.165, 1.54) is 26.7 Å². The molecule has 33 heavy (non-hydrogen) atoms. The van der Waals surface area contributed by atoms with E-state index in [4.69, 9.17) is 0 Å². The minimum Gasteiger partial charge on any atom is -0.321 e. The molecular weight excluding hydrogens is 474 g/mol. The number of fused-ring (bicyclic) bond motifs is 1. The Morgan fingerprint density at radius 1 is 1.09 bits per heavy atom. The number of urea groups is 1. The van der Waals surface area contributed by atoms with Crippen molar-refractivity contribution in [2.75, 3.05) is 26.2 Å². The largest absolute Gasteiger partial charge is 0.336 e. The summed E-state index contributed by atoms with van der Waals surface area (Å²) in [7, 11) is -4.24. The van der Waals surface area contributed by atoms with Gasteiger partial charge in [-0.05, 0) is 55.0 Å². The Labute approximate surface area is 194 Å². The van der Waals surface area contributed by atoms with Crippen LogP contribution in [0.5, 0.6) is 0 Å². The molecule has 1 fully saturated rings. The van der Waals surface area contributed by atoms with Gasteiger partial charge in [0.15, 0.2) is 0 Å². The predicted octanol–water partition coefficient (Wildman–Crippen LogP) is 2.51. The van der Waals surface area contributed by atoms with Gasteiger partial charge in [-0.25, -0.2) is 27.4 Å². The second-order valence-electron chi connectivity index (χ2n) is 8.26. The maximum Gasteiger partial charge on any atom is 0.336 e. The highest BCUT2D eigenvalue weighted by Gasteiger charge is 2.32. The van der Waals surface area contributed by atoms with Crippen LogP contribution in [0.1, 0.15) is 33.5 Å². The summed E-state index contributed by atoms with van der Waals surface area (Å²) in [6, 6.07) is 3.54. The number of hydrogen-bond acceptors (Lipinski definition) is 5. The van der Waals surface area contributed by atoms with Crippen molar-refractivity contribution in [3.8, 4) is 0 Å². The van der Waals surface area contributed by atoms with Gasteiger partial charge in [-0.1, -0.05) is 6.92 Å². The monoisotopic (exact) mass is 498 g/mol. The number of sulfonamides is 1. The number of halogens is 2. The Morgan fingerprint density at radius 3 is 2.55 bits per heavy atom. The Morgan fingerprint density at radius 2 is 1.82 bits per heavy atom. The molecule has 8 nitrogen and oxygen atoms in total. The molecule has 1 atom stereocenters. The smallest absolute Gasteiger partial charge is 0.321 e. The third kappa shape index (κ3) is 5.02. The van der Waals surface area contributed by atoms with E-state index in [-0.39, 0.29) is 26.2 Å². The fraction of sp³-hybridized carbons (Fsp3) is 0.429. The average molecular weight is 499 g/mol. The summed E-state index contributed by atoms with van der Waals surface area (Å²) < 4.78 is 53.7. The average Bonchev–Trinajstić information content (AvgIpc) is 3.22. The maximum atomic E-state index is 13.9. The SMILES string of the molecule is CC1CCc2sc(C(=O)NNC(=O)N3CCN(S(=O)(=O)c4cc(F)ccc4F)CC3)cc2C1. The van der Waals surface area contributed by atoms with Crippen LogP contribution in [0.25, 0.3) is 0 Å². The van der Waals surface area contributed by atoms with Crippen molar-refractivity contribution in [3.63, 3.8) is 0 Å². The van der Waals surface area contributed by atoms with Gasteiger partial charge in [-0.15, -0.1) is 11.3 Å². The number of hydrazine groups is 1. The minimum absolute atomic E-state index is 0.0308. The van der Waals surface area contributed by atoms with Crippen LogP contribution < -0.4 is 10.9 Å². The number of rotatable bonds is 3. The fourth-order valence-corrected chi connectivity index (χ4v) is 6.62. The predicted molar refractivity (Wildman–Crippen MR) is 118 cm³/mol. The van der Waals surface area contributed by atoms with Crippen LogP contribution in [0.2, 0.25) is 0 Å². The van der Waals surface area contributed by atoms with Crippen LogP contribution in [-0.4, -0.2) is 55.7 Å². The van der Waals surface area contributed by atoms with E-state index in [1.54, 1.807) is 0 Å². The Kier molecular flexibility index (Phi) is 6.68. The number of aryl methyl sites for hydroxylation is 1. The van der Waals surface area contributed by atoms with Crippen molar-refractivity contribution >= 4 is 33.3 Å². The van der Waals surface area contributed by atoms with Crippen molar-refractivity contribution in [2.24, 2.45) is 5.92 Å². The maximum absolute atomic E-state index is 13.9.